The van der Waals surface area contributed by atoms with Crippen molar-refractivity contribution < 1.29 is 10.2 Å². The standard InChI is InChI=1S/C18H22O2/c1-4-12-8-7-9-14(10-12)17-16(19)11-13(5-2)15(6-3)18(17)20/h7-11,19-20H,4-6H2,1-3H3. The van der Waals surface area contributed by atoms with Crippen LogP contribution in [0, 0.1) is 0 Å². The molecule has 0 saturated carbocycles. The van der Waals surface area contributed by atoms with E-state index in [4.69, 9.17) is 0 Å². The molecule has 2 heteroatoms. The molecule has 0 saturated heterocycles. The van der Waals surface area contributed by atoms with Gasteiger partial charge >= 0.3 is 0 Å². The lowest BCUT2D eigenvalue weighted by Gasteiger charge is -2.15. The number of hydrogen-bond acceptors (Lipinski definition) is 2. The van der Waals surface area contributed by atoms with Crippen molar-refractivity contribution in [3.8, 4) is 22.6 Å². The molecule has 2 nitrogen and oxygen atoms in total. The van der Waals surface area contributed by atoms with Gasteiger partial charge in [-0.3, -0.25) is 0 Å². The summed E-state index contributed by atoms with van der Waals surface area (Å²) in [5.41, 5.74) is 4.56. The molecule has 0 aliphatic heterocycles. The molecule has 2 aromatic rings. The van der Waals surface area contributed by atoms with Gasteiger partial charge < -0.3 is 10.2 Å². The first-order valence-corrected chi connectivity index (χ1v) is 7.28. The summed E-state index contributed by atoms with van der Waals surface area (Å²) in [7, 11) is 0. The van der Waals surface area contributed by atoms with Gasteiger partial charge in [0.05, 0.1) is 5.56 Å². The first kappa shape index (κ1) is 14.4. The fraction of sp³-hybridized carbons (Fsp3) is 0.333. The van der Waals surface area contributed by atoms with Crippen molar-refractivity contribution in [2.75, 3.05) is 0 Å². The molecule has 2 N–H and O–H groups in total. The molecular formula is C18H22O2. The summed E-state index contributed by atoms with van der Waals surface area (Å²) in [5, 5.41) is 20.8. The Labute approximate surface area is 120 Å². The zero-order valence-corrected chi connectivity index (χ0v) is 12.4. The third-order valence-corrected chi connectivity index (χ3v) is 3.84. The second kappa shape index (κ2) is 6.00. The van der Waals surface area contributed by atoms with Crippen molar-refractivity contribution in [1.29, 1.82) is 0 Å². The minimum atomic E-state index is 0.157. The molecule has 0 spiro atoms. The highest BCUT2D eigenvalue weighted by atomic mass is 16.3. The highest BCUT2D eigenvalue weighted by molar-refractivity contribution is 5.79. The molecule has 20 heavy (non-hydrogen) atoms. The van der Waals surface area contributed by atoms with Crippen molar-refractivity contribution in [2.45, 2.75) is 40.0 Å². The normalized spacial score (nSPS) is 10.8. The van der Waals surface area contributed by atoms with Gasteiger partial charge in [0.25, 0.3) is 0 Å². The fourth-order valence-electron chi connectivity index (χ4n) is 2.69. The van der Waals surface area contributed by atoms with E-state index in [1.54, 1.807) is 6.07 Å². The molecule has 2 rings (SSSR count). The average molecular weight is 270 g/mol. The summed E-state index contributed by atoms with van der Waals surface area (Å²) < 4.78 is 0. The summed E-state index contributed by atoms with van der Waals surface area (Å²) in [6, 6.07) is 9.76. The Balaban J connectivity index is 2.67. The van der Waals surface area contributed by atoms with Crippen LogP contribution in [-0.4, -0.2) is 10.2 Å². The average Bonchev–Trinajstić information content (AvgIpc) is 2.47. The van der Waals surface area contributed by atoms with Crippen LogP contribution in [0.3, 0.4) is 0 Å². The van der Waals surface area contributed by atoms with Gasteiger partial charge in [-0.05, 0) is 47.6 Å². The van der Waals surface area contributed by atoms with E-state index >= 15 is 0 Å². The lowest BCUT2D eigenvalue weighted by atomic mass is 9.93. The van der Waals surface area contributed by atoms with Crippen molar-refractivity contribution in [1.82, 2.24) is 0 Å². The molecule has 0 amide bonds. The highest BCUT2D eigenvalue weighted by Crippen LogP contribution is 2.42. The largest absolute Gasteiger partial charge is 0.507 e. The van der Waals surface area contributed by atoms with Crippen LogP contribution in [0.1, 0.15) is 37.5 Å². The third-order valence-electron chi connectivity index (χ3n) is 3.84. The summed E-state index contributed by atoms with van der Waals surface area (Å²) in [4.78, 5) is 0. The van der Waals surface area contributed by atoms with Gasteiger partial charge in [0, 0.05) is 0 Å². The number of aryl methyl sites for hydroxylation is 2. The molecule has 0 atom stereocenters. The van der Waals surface area contributed by atoms with Gasteiger partial charge in [-0.2, -0.15) is 0 Å². The Morgan fingerprint density at radius 3 is 2.25 bits per heavy atom. The number of hydrogen-bond donors (Lipinski definition) is 2. The molecule has 0 unspecified atom stereocenters. The zero-order valence-electron chi connectivity index (χ0n) is 12.4. The van der Waals surface area contributed by atoms with Crippen molar-refractivity contribution >= 4 is 0 Å². The number of benzene rings is 2. The Hall–Kier alpha value is -1.96. The molecule has 0 heterocycles. The van der Waals surface area contributed by atoms with E-state index in [0.717, 1.165) is 36.0 Å². The second-order valence-corrected chi connectivity index (χ2v) is 5.02. The van der Waals surface area contributed by atoms with Crippen LogP contribution < -0.4 is 0 Å². The summed E-state index contributed by atoms with van der Waals surface area (Å²) in [6.45, 7) is 6.15. The van der Waals surface area contributed by atoms with Crippen LogP contribution >= 0.6 is 0 Å². The first-order valence-electron chi connectivity index (χ1n) is 7.28. The van der Waals surface area contributed by atoms with E-state index in [2.05, 4.69) is 13.0 Å². The minimum Gasteiger partial charge on any atom is -0.507 e. The van der Waals surface area contributed by atoms with Gasteiger partial charge in [0.2, 0.25) is 0 Å². The second-order valence-electron chi connectivity index (χ2n) is 5.02. The molecule has 0 fully saturated rings. The van der Waals surface area contributed by atoms with Crippen molar-refractivity contribution in [3.05, 3.63) is 47.0 Å². The number of phenols is 2. The van der Waals surface area contributed by atoms with E-state index in [0.29, 0.717) is 5.56 Å². The van der Waals surface area contributed by atoms with Gasteiger partial charge in [-0.1, -0.05) is 45.0 Å². The molecule has 2 aromatic carbocycles. The summed E-state index contributed by atoms with van der Waals surface area (Å²) in [6.07, 6.45) is 2.50. The van der Waals surface area contributed by atoms with Crippen LogP contribution in [-0.2, 0) is 19.3 Å². The number of rotatable bonds is 4. The maximum atomic E-state index is 10.5. The third kappa shape index (κ3) is 2.51. The lowest BCUT2D eigenvalue weighted by molar-refractivity contribution is 0.448. The molecule has 0 aliphatic rings. The predicted molar refractivity (Wildman–Crippen MR) is 83.3 cm³/mol. The Morgan fingerprint density at radius 1 is 0.900 bits per heavy atom. The van der Waals surface area contributed by atoms with Gasteiger partial charge in [-0.25, -0.2) is 0 Å². The van der Waals surface area contributed by atoms with Gasteiger partial charge in [0.15, 0.2) is 0 Å². The van der Waals surface area contributed by atoms with Crippen molar-refractivity contribution in [3.63, 3.8) is 0 Å². The number of aromatic hydroxyl groups is 2. The Morgan fingerprint density at radius 2 is 1.65 bits per heavy atom. The van der Waals surface area contributed by atoms with Crippen LogP contribution in [0.4, 0.5) is 0 Å². The smallest absolute Gasteiger partial charge is 0.130 e. The van der Waals surface area contributed by atoms with Gasteiger partial charge in [0.1, 0.15) is 11.5 Å². The van der Waals surface area contributed by atoms with Crippen LogP contribution in [0.25, 0.3) is 11.1 Å². The lowest BCUT2D eigenvalue weighted by Crippen LogP contribution is -1.95. The molecule has 0 aliphatic carbocycles. The minimum absolute atomic E-state index is 0.157. The van der Waals surface area contributed by atoms with Crippen LogP contribution in [0.2, 0.25) is 0 Å². The fourth-order valence-corrected chi connectivity index (χ4v) is 2.69. The molecular weight excluding hydrogens is 248 g/mol. The monoisotopic (exact) mass is 270 g/mol. The maximum absolute atomic E-state index is 10.5. The predicted octanol–water partition coefficient (Wildman–Crippen LogP) is 4.45. The van der Waals surface area contributed by atoms with E-state index in [1.807, 2.05) is 32.0 Å². The number of phenolic OH excluding ortho intramolecular Hbond substituents is 2. The highest BCUT2D eigenvalue weighted by Gasteiger charge is 2.17. The molecule has 106 valence electrons. The summed E-state index contributed by atoms with van der Waals surface area (Å²) >= 11 is 0. The zero-order chi connectivity index (χ0) is 14.7. The van der Waals surface area contributed by atoms with Crippen molar-refractivity contribution in [2.24, 2.45) is 0 Å². The van der Waals surface area contributed by atoms with E-state index in [9.17, 15) is 10.2 Å². The first-order chi connectivity index (χ1) is 9.62. The van der Waals surface area contributed by atoms with Crippen LogP contribution in [0.5, 0.6) is 11.5 Å². The Kier molecular flexibility index (Phi) is 4.33. The maximum Gasteiger partial charge on any atom is 0.130 e. The SMILES string of the molecule is CCc1cccc(-c2c(O)cc(CC)c(CC)c2O)c1. The topological polar surface area (TPSA) is 40.5 Å². The van der Waals surface area contributed by atoms with Gasteiger partial charge in [-0.15, -0.1) is 0 Å². The van der Waals surface area contributed by atoms with E-state index < -0.39 is 0 Å². The summed E-state index contributed by atoms with van der Waals surface area (Å²) in [5.74, 6) is 0.377. The van der Waals surface area contributed by atoms with Crippen LogP contribution in [0.15, 0.2) is 30.3 Å². The molecule has 0 aromatic heterocycles. The van der Waals surface area contributed by atoms with E-state index in [1.165, 1.54) is 5.56 Å². The Bertz CT molecular complexity index is 615. The quantitative estimate of drug-likeness (QED) is 0.861. The van der Waals surface area contributed by atoms with E-state index in [-0.39, 0.29) is 11.5 Å². The molecule has 0 radical (unpaired) electrons. The molecule has 0 bridgehead atoms.